The highest BCUT2D eigenvalue weighted by atomic mass is 35.5. The van der Waals surface area contributed by atoms with Crippen molar-refractivity contribution in [1.82, 2.24) is 10.0 Å². The maximum absolute atomic E-state index is 12.6. The summed E-state index contributed by atoms with van der Waals surface area (Å²) in [6.45, 7) is 2.05. The standard InChI is InChI=1S/C19H21ClN2O4S/c1-13-3-5-14(6-4-13)12-22-27(25,26)18-11-15(7-8-16(18)20)17(23)9-10-19(24)21-2/h3-8,11,22H,9-10,12H2,1-2H3,(H,21,24). The number of ketones is 1. The lowest BCUT2D eigenvalue weighted by atomic mass is 10.1. The number of hydrogen-bond acceptors (Lipinski definition) is 4. The van der Waals surface area contributed by atoms with Crippen molar-refractivity contribution in [2.24, 2.45) is 0 Å². The lowest BCUT2D eigenvalue weighted by molar-refractivity contribution is -0.120. The van der Waals surface area contributed by atoms with Gasteiger partial charge in [-0.3, -0.25) is 9.59 Å². The van der Waals surface area contributed by atoms with E-state index in [1.807, 2.05) is 31.2 Å². The summed E-state index contributed by atoms with van der Waals surface area (Å²) in [5.41, 5.74) is 2.07. The fraction of sp³-hybridized carbons (Fsp3) is 0.263. The molecule has 6 nitrogen and oxygen atoms in total. The smallest absolute Gasteiger partial charge is 0.242 e. The molecule has 0 saturated carbocycles. The molecule has 8 heteroatoms. The van der Waals surface area contributed by atoms with Gasteiger partial charge in [-0.15, -0.1) is 0 Å². The number of amides is 1. The Morgan fingerprint density at radius 2 is 1.70 bits per heavy atom. The summed E-state index contributed by atoms with van der Waals surface area (Å²) in [4.78, 5) is 23.3. The summed E-state index contributed by atoms with van der Waals surface area (Å²) in [5.74, 6) is -0.588. The second-order valence-electron chi connectivity index (χ2n) is 6.05. The van der Waals surface area contributed by atoms with Gasteiger partial charge < -0.3 is 5.32 Å². The summed E-state index contributed by atoms with van der Waals surface area (Å²) >= 11 is 6.04. The fourth-order valence-electron chi connectivity index (χ4n) is 2.34. The zero-order valence-corrected chi connectivity index (χ0v) is 16.7. The van der Waals surface area contributed by atoms with E-state index in [0.29, 0.717) is 0 Å². The number of rotatable bonds is 8. The Labute approximate surface area is 164 Å². The molecule has 0 atom stereocenters. The second-order valence-corrected chi connectivity index (χ2v) is 8.19. The third kappa shape index (κ3) is 5.89. The van der Waals surface area contributed by atoms with Gasteiger partial charge in [-0.1, -0.05) is 41.4 Å². The molecule has 27 heavy (non-hydrogen) atoms. The number of benzene rings is 2. The van der Waals surface area contributed by atoms with Crippen molar-refractivity contribution in [3.8, 4) is 0 Å². The third-order valence-electron chi connectivity index (χ3n) is 3.99. The molecule has 0 heterocycles. The van der Waals surface area contributed by atoms with Crippen LogP contribution in [0.2, 0.25) is 5.02 Å². The number of halogens is 1. The molecule has 0 aromatic heterocycles. The van der Waals surface area contributed by atoms with Crippen LogP contribution >= 0.6 is 11.6 Å². The number of hydrogen-bond donors (Lipinski definition) is 2. The Hall–Kier alpha value is -2.22. The number of nitrogens with one attached hydrogen (secondary N) is 2. The van der Waals surface area contributed by atoms with E-state index < -0.39 is 10.0 Å². The van der Waals surface area contributed by atoms with E-state index in [2.05, 4.69) is 10.0 Å². The zero-order valence-electron chi connectivity index (χ0n) is 15.1. The van der Waals surface area contributed by atoms with E-state index in [0.717, 1.165) is 11.1 Å². The van der Waals surface area contributed by atoms with Crippen molar-refractivity contribution >= 4 is 33.3 Å². The fourth-order valence-corrected chi connectivity index (χ4v) is 3.88. The number of sulfonamides is 1. The molecule has 144 valence electrons. The summed E-state index contributed by atoms with van der Waals surface area (Å²) in [6, 6.07) is 11.5. The Kier molecular flexibility index (Phi) is 7.12. The maximum Gasteiger partial charge on any atom is 0.242 e. The highest BCUT2D eigenvalue weighted by molar-refractivity contribution is 7.89. The van der Waals surface area contributed by atoms with Crippen LogP contribution < -0.4 is 10.0 Å². The predicted octanol–water partition coefficient (Wildman–Crippen LogP) is 2.84. The van der Waals surface area contributed by atoms with Gasteiger partial charge >= 0.3 is 0 Å². The molecule has 2 aromatic rings. The molecule has 0 radical (unpaired) electrons. The van der Waals surface area contributed by atoms with Crippen LogP contribution in [0.1, 0.15) is 34.3 Å². The molecule has 0 fully saturated rings. The average Bonchev–Trinajstić information content (AvgIpc) is 2.65. The van der Waals surface area contributed by atoms with Gasteiger partial charge in [0.25, 0.3) is 0 Å². The molecular weight excluding hydrogens is 388 g/mol. The van der Waals surface area contributed by atoms with Crippen molar-refractivity contribution in [2.75, 3.05) is 7.05 Å². The zero-order chi connectivity index (χ0) is 20.0. The lowest BCUT2D eigenvalue weighted by Crippen LogP contribution is -2.24. The van der Waals surface area contributed by atoms with E-state index in [9.17, 15) is 18.0 Å². The number of Topliss-reactive ketones (excluding diaryl/α,β-unsaturated/α-hetero) is 1. The third-order valence-corrected chi connectivity index (χ3v) is 5.87. The monoisotopic (exact) mass is 408 g/mol. The highest BCUT2D eigenvalue weighted by Crippen LogP contribution is 2.24. The molecule has 0 aliphatic rings. The van der Waals surface area contributed by atoms with Crippen LogP contribution in [0.4, 0.5) is 0 Å². The van der Waals surface area contributed by atoms with Gasteiger partial charge in [0.15, 0.2) is 5.78 Å². The van der Waals surface area contributed by atoms with Crippen LogP contribution in [0.3, 0.4) is 0 Å². The quantitative estimate of drug-likeness (QED) is 0.657. The molecule has 0 unspecified atom stereocenters. The van der Waals surface area contributed by atoms with E-state index in [4.69, 9.17) is 11.6 Å². The first-order chi connectivity index (χ1) is 12.7. The number of aryl methyl sites for hydroxylation is 1. The van der Waals surface area contributed by atoms with Crippen LogP contribution in [0.25, 0.3) is 0 Å². The number of carbonyl (C=O) groups is 2. The summed E-state index contributed by atoms with van der Waals surface area (Å²) in [5, 5.41) is 2.46. The maximum atomic E-state index is 12.6. The summed E-state index contributed by atoms with van der Waals surface area (Å²) in [7, 11) is -2.42. The molecular formula is C19H21ClN2O4S. The van der Waals surface area contributed by atoms with Gasteiger partial charge in [0.05, 0.1) is 5.02 Å². The van der Waals surface area contributed by atoms with E-state index in [1.54, 1.807) is 0 Å². The van der Waals surface area contributed by atoms with Gasteiger partial charge in [0.1, 0.15) is 4.90 Å². The molecule has 2 rings (SSSR count). The Balaban J connectivity index is 2.16. The van der Waals surface area contributed by atoms with Crippen molar-refractivity contribution in [1.29, 1.82) is 0 Å². The molecule has 2 aromatic carbocycles. The predicted molar refractivity (Wildman–Crippen MR) is 104 cm³/mol. The van der Waals surface area contributed by atoms with Crippen LogP contribution in [0.15, 0.2) is 47.4 Å². The minimum atomic E-state index is -3.90. The lowest BCUT2D eigenvalue weighted by Gasteiger charge is -2.10. The van der Waals surface area contributed by atoms with E-state index in [1.165, 1.54) is 25.2 Å². The van der Waals surface area contributed by atoms with Gasteiger partial charge in [0.2, 0.25) is 15.9 Å². The molecule has 0 aliphatic carbocycles. The van der Waals surface area contributed by atoms with Crippen LogP contribution in [0.5, 0.6) is 0 Å². The minimum Gasteiger partial charge on any atom is -0.359 e. The minimum absolute atomic E-state index is 0.0163. The molecule has 0 spiro atoms. The van der Waals surface area contributed by atoms with E-state index >= 15 is 0 Å². The van der Waals surface area contributed by atoms with Gasteiger partial charge in [-0.05, 0) is 30.7 Å². The second kappa shape index (κ2) is 9.12. The van der Waals surface area contributed by atoms with Crippen molar-refractivity contribution in [3.05, 3.63) is 64.2 Å². The first kappa shape index (κ1) is 21.1. The molecule has 0 aliphatic heterocycles. The average molecular weight is 409 g/mol. The SMILES string of the molecule is CNC(=O)CCC(=O)c1ccc(Cl)c(S(=O)(=O)NCc2ccc(C)cc2)c1. The van der Waals surface area contributed by atoms with Crippen molar-refractivity contribution < 1.29 is 18.0 Å². The largest absolute Gasteiger partial charge is 0.359 e. The molecule has 0 saturated heterocycles. The van der Waals surface area contributed by atoms with Crippen molar-refractivity contribution in [2.45, 2.75) is 31.2 Å². The van der Waals surface area contributed by atoms with Crippen molar-refractivity contribution in [3.63, 3.8) is 0 Å². The van der Waals surface area contributed by atoms with Gasteiger partial charge in [-0.25, -0.2) is 13.1 Å². The molecule has 1 amide bonds. The van der Waals surface area contributed by atoms with Crippen LogP contribution in [-0.2, 0) is 21.4 Å². The van der Waals surface area contributed by atoms with E-state index in [-0.39, 0.29) is 46.6 Å². The Morgan fingerprint density at radius 3 is 2.33 bits per heavy atom. The Bertz CT molecular complexity index is 941. The first-order valence-corrected chi connectivity index (χ1v) is 10.2. The topological polar surface area (TPSA) is 92.3 Å². The summed E-state index contributed by atoms with van der Waals surface area (Å²) in [6.07, 6.45) is 0.0172. The molecule has 2 N–H and O–H groups in total. The Morgan fingerprint density at radius 1 is 1.04 bits per heavy atom. The summed E-state index contributed by atoms with van der Waals surface area (Å²) < 4.78 is 27.7. The van der Waals surface area contributed by atoms with Gasteiger partial charge in [-0.2, -0.15) is 0 Å². The molecule has 0 bridgehead atoms. The van der Waals surface area contributed by atoms with Crippen LogP contribution in [0, 0.1) is 6.92 Å². The normalized spacial score (nSPS) is 11.2. The first-order valence-electron chi connectivity index (χ1n) is 8.31. The highest BCUT2D eigenvalue weighted by Gasteiger charge is 2.20. The van der Waals surface area contributed by atoms with Crippen LogP contribution in [-0.4, -0.2) is 27.2 Å². The van der Waals surface area contributed by atoms with Gasteiger partial charge in [0, 0.05) is 32.0 Å². The number of carbonyl (C=O) groups excluding carboxylic acids is 2.